The van der Waals surface area contributed by atoms with Gasteiger partial charge >= 0.3 is 0 Å². The molecule has 0 spiro atoms. The van der Waals surface area contributed by atoms with Crippen molar-refractivity contribution < 1.29 is 4.79 Å². The van der Waals surface area contributed by atoms with Crippen molar-refractivity contribution in [1.82, 2.24) is 5.32 Å². The molecule has 2 nitrogen and oxygen atoms in total. The number of carbonyl (C=O) groups excluding carboxylic acids is 1. The monoisotopic (exact) mass is 187 g/mol. The minimum absolute atomic E-state index is 0.325. The third-order valence-corrected chi connectivity index (χ3v) is 2.28. The van der Waals surface area contributed by atoms with E-state index in [0.29, 0.717) is 18.6 Å². The summed E-state index contributed by atoms with van der Waals surface area (Å²) in [6.07, 6.45) is 3.25. The minimum atomic E-state index is 0.325. The Morgan fingerprint density at radius 3 is 2.71 bits per heavy atom. The fourth-order valence-electron chi connectivity index (χ4n) is 1.58. The highest BCUT2D eigenvalue weighted by molar-refractivity contribution is 5.83. The summed E-state index contributed by atoms with van der Waals surface area (Å²) >= 11 is 0. The lowest BCUT2D eigenvalue weighted by Gasteiger charge is -2.15. The number of benzene rings is 1. The summed E-state index contributed by atoms with van der Waals surface area (Å²) in [5, 5.41) is 3.24. The molecule has 0 saturated carbocycles. The topological polar surface area (TPSA) is 29.1 Å². The van der Waals surface area contributed by atoms with Gasteiger partial charge in [-0.2, -0.15) is 0 Å². The minimum Gasteiger partial charge on any atom is -0.388 e. The van der Waals surface area contributed by atoms with E-state index in [4.69, 9.17) is 0 Å². The molecule has 0 atom stereocenters. The molecular weight excluding hydrogens is 174 g/mol. The van der Waals surface area contributed by atoms with Crippen molar-refractivity contribution in [3.8, 4) is 0 Å². The molecule has 1 N–H and O–H groups in total. The summed E-state index contributed by atoms with van der Waals surface area (Å²) in [5.41, 5.74) is 2.18. The SMILES string of the molecule is O=C1CCNC(=Cc2ccccc2)C1. The summed E-state index contributed by atoms with van der Waals surface area (Å²) in [7, 11) is 0. The first kappa shape index (κ1) is 9.00. The van der Waals surface area contributed by atoms with E-state index < -0.39 is 0 Å². The Bertz CT molecular complexity index is 354. The van der Waals surface area contributed by atoms with Crippen molar-refractivity contribution in [3.05, 3.63) is 41.6 Å². The first-order valence-corrected chi connectivity index (χ1v) is 4.86. The van der Waals surface area contributed by atoms with Crippen molar-refractivity contribution in [3.63, 3.8) is 0 Å². The zero-order valence-electron chi connectivity index (χ0n) is 7.99. The summed E-state index contributed by atoms with van der Waals surface area (Å²) < 4.78 is 0. The molecule has 0 aliphatic carbocycles. The number of ketones is 1. The van der Waals surface area contributed by atoms with Crippen LogP contribution in [0.4, 0.5) is 0 Å². The number of hydrogen-bond donors (Lipinski definition) is 1. The highest BCUT2D eigenvalue weighted by atomic mass is 16.1. The lowest BCUT2D eigenvalue weighted by atomic mass is 10.1. The number of Topliss-reactive ketones (excluding diaryl/α,β-unsaturated/α-hetero) is 1. The van der Waals surface area contributed by atoms with E-state index in [9.17, 15) is 4.79 Å². The maximum Gasteiger partial charge on any atom is 0.140 e. The molecule has 1 fully saturated rings. The van der Waals surface area contributed by atoms with Gasteiger partial charge in [0.1, 0.15) is 5.78 Å². The van der Waals surface area contributed by atoms with Crippen LogP contribution in [0.3, 0.4) is 0 Å². The van der Waals surface area contributed by atoms with Crippen molar-refractivity contribution >= 4 is 11.9 Å². The number of hydrogen-bond acceptors (Lipinski definition) is 2. The molecule has 1 aliphatic rings. The van der Waals surface area contributed by atoms with E-state index in [1.54, 1.807) is 0 Å². The zero-order chi connectivity index (χ0) is 9.80. The number of allylic oxidation sites excluding steroid dienone is 1. The molecule has 2 rings (SSSR count). The predicted molar refractivity (Wildman–Crippen MR) is 56.7 cm³/mol. The van der Waals surface area contributed by atoms with E-state index in [1.165, 1.54) is 0 Å². The van der Waals surface area contributed by atoms with Crippen LogP contribution in [0.25, 0.3) is 6.08 Å². The van der Waals surface area contributed by atoms with E-state index in [2.05, 4.69) is 5.32 Å². The van der Waals surface area contributed by atoms with Crippen LogP contribution in [-0.2, 0) is 4.79 Å². The summed E-state index contributed by atoms with van der Waals surface area (Å²) in [6.45, 7) is 0.775. The van der Waals surface area contributed by atoms with Gasteiger partial charge < -0.3 is 5.32 Å². The Balaban J connectivity index is 2.14. The molecule has 0 unspecified atom stereocenters. The van der Waals surface area contributed by atoms with Crippen LogP contribution >= 0.6 is 0 Å². The molecule has 0 radical (unpaired) electrons. The largest absolute Gasteiger partial charge is 0.388 e. The molecule has 1 aliphatic heterocycles. The molecule has 0 amide bonds. The van der Waals surface area contributed by atoms with Gasteiger partial charge in [-0.15, -0.1) is 0 Å². The predicted octanol–water partition coefficient (Wildman–Crippen LogP) is 1.98. The Morgan fingerprint density at radius 1 is 1.21 bits per heavy atom. The number of rotatable bonds is 1. The van der Waals surface area contributed by atoms with Gasteiger partial charge in [0.25, 0.3) is 0 Å². The van der Waals surface area contributed by atoms with Crippen LogP contribution in [0.5, 0.6) is 0 Å². The standard InChI is InChI=1S/C12H13NO/c14-12-6-7-13-11(9-12)8-10-4-2-1-3-5-10/h1-5,8,13H,6-7,9H2. The smallest absolute Gasteiger partial charge is 0.140 e. The van der Waals surface area contributed by atoms with Crippen LogP contribution < -0.4 is 5.32 Å². The third-order valence-electron chi connectivity index (χ3n) is 2.28. The second-order valence-corrected chi connectivity index (χ2v) is 3.47. The van der Waals surface area contributed by atoms with Crippen LogP contribution in [0, 0.1) is 0 Å². The lowest BCUT2D eigenvalue weighted by molar-refractivity contribution is -0.119. The van der Waals surface area contributed by atoms with E-state index in [1.807, 2.05) is 36.4 Å². The van der Waals surface area contributed by atoms with Crippen molar-refractivity contribution in [2.75, 3.05) is 6.54 Å². The highest BCUT2D eigenvalue weighted by Crippen LogP contribution is 2.11. The van der Waals surface area contributed by atoms with Gasteiger partial charge in [-0.1, -0.05) is 30.3 Å². The zero-order valence-corrected chi connectivity index (χ0v) is 7.99. The average molecular weight is 187 g/mol. The van der Waals surface area contributed by atoms with E-state index in [0.717, 1.165) is 17.8 Å². The maximum absolute atomic E-state index is 11.2. The van der Waals surface area contributed by atoms with Crippen LogP contribution in [-0.4, -0.2) is 12.3 Å². The van der Waals surface area contributed by atoms with Gasteiger partial charge in [0.05, 0.1) is 0 Å². The third kappa shape index (κ3) is 2.22. The Morgan fingerprint density at radius 2 is 2.00 bits per heavy atom. The average Bonchev–Trinajstić information content (AvgIpc) is 2.19. The Hall–Kier alpha value is -1.57. The quantitative estimate of drug-likeness (QED) is 0.728. The first-order valence-electron chi connectivity index (χ1n) is 4.86. The van der Waals surface area contributed by atoms with Gasteiger partial charge in [0, 0.05) is 25.1 Å². The molecule has 0 bridgehead atoms. The van der Waals surface area contributed by atoms with E-state index in [-0.39, 0.29) is 0 Å². The number of piperidine rings is 1. The summed E-state index contributed by atoms with van der Waals surface area (Å²) in [6, 6.07) is 10.1. The lowest BCUT2D eigenvalue weighted by Crippen LogP contribution is -2.25. The molecule has 1 aromatic carbocycles. The van der Waals surface area contributed by atoms with Crippen molar-refractivity contribution in [2.45, 2.75) is 12.8 Å². The molecule has 2 heteroatoms. The fourth-order valence-corrected chi connectivity index (χ4v) is 1.58. The van der Waals surface area contributed by atoms with Crippen LogP contribution in [0.2, 0.25) is 0 Å². The molecule has 1 heterocycles. The Kier molecular flexibility index (Phi) is 2.63. The molecule has 1 aromatic rings. The molecule has 1 saturated heterocycles. The molecule has 14 heavy (non-hydrogen) atoms. The van der Waals surface area contributed by atoms with Gasteiger partial charge in [0.15, 0.2) is 0 Å². The van der Waals surface area contributed by atoms with Gasteiger partial charge in [-0.05, 0) is 11.6 Å². The van der Waals surface area contributed by atoms with Crippen LogP contribution in [0.15, 0.2) is 36.0 Å². The fraction of sp³-hybridized carbons (Fsp3) is 0.250. The summed E-state index contributed by atoms with van der Waals surface area (Å²) in [5.74, 6) is 0.325. The molecule has 0 aromatic heterocycles. The van der Waals surface area contributed by atoms with Crippen molar-refractivity contribution in [2.24, 2.45) is 0 Å². The molecule has 72 valence electrons. The second kappa shape index (κ2) is 4.09. The normalized spacial score (nSPS) is 19.4. The molecular formula is C12H13NO. The van der Waals surface area contributed by atoms with Gasteiger partial charge in [-0.25, -0.2) is 0 Å². The van der Waals surface area contributed by atoms with Crippen molar-refractivity contribution in [1.29, 1.82) is 0 Å². The second-order valence-electron chi connectivity index (χ2n) is 3.47. The highest BCUT2D eigenvalue weighted by Gasteiger charge is 2.11. The maximum atomic E-state index is 11.2. The van der Waals surface area contributed by atoms with Gasteiger partial charge in [0.2, 0.25) is 0 Å². The summed E-state index contributed by atoms with van der Waals surface area (Å²) in [4.78, 5) is 11.2. The first-order chi connectivity index (χ1) is 6.84. The Labute approximate surface area is 83.6 Å². The van der Waals surface area contributed by atoms with Gasteiger partial charge in [-0.3, -0.25) is 4.79 Å². The van der Waals surface area contributed by atoms with Crippen LogP contribution in [0.1, 0.15) is 18.4 Å². The number of nitrogens with one attached hydrogen (secondary N) is 1. The number of carbonyl (C=O) groups is 1. The van der Waals surface area contributed by atoms with E-state index >= 15 is 0 Å².